The summed E-state index contributed by atoms with van der Waals surface area (Å²) in [6.07, 6.45) is 0.526. The summed E-state index contributed by atoms with van der Waals surface area (Å²) >= 11 is 6.15. The maximum absolute atomic E-state index is 12.9. The van der Waals surface area contributed by atoms with Crippen molar-refractivity contribution in [3.8, 4) is 5.75 Å². The van der Waals surface area contributed by atoms with Crippen LogP contribution < -0.4 is 15.2 Å². The average molecular weight is 417 g/mol. The van der Waals surface area contributed by atoms with Crippen LogP contribution in [0.3, 0.4) is 0 Å². The summed E-state index contributed by atoms with van der Waals surface area (Å²) in [6, 6.07) is 14.2. The third-order valence-corrected chi connectivity index (χ3v) is 6.33. The van der Waals surface area contributed by atoms with Gasteiger partial charge >= 0.3 is 10.1 Å². The Labute approximate surface area is 167 Å². The van der Waals surface area contributed by atoms with Crippen LogP contribution >= 0.6 is 11.6 Å². The second-order valence-electron chi connectivity index (χ2n) is 6.52. The molecule has 4 rings (SSSR count). The van der Waals surface area contributed by atoms with Crippen molar-refractivity contribution in [3.63, 3.8) is 0 Å². The largest absolute Gasteiger partial charge is 0.379 e. The zero-order chi connectivity index (χ0) is 19.9. The standard InChI is InChI=1S/C20H17ClN2O4S/c21-17-5-1-3-12-11-13(7-8-14(12)17)28(25,26)27-18-6-2-4-16-15(18)9-10-23-19(16)20(22)24/h1-8,11,19,23H,9-10H2,(H2,22,24). The number of fused-ring (bicyclic) bond motifs is 2. The predicted molar refractivity (Wildman–Crippen MR) is 107 cm³/mol. The van der Waals surface area contributed by atoms with Crippen molar-refractivity contribution in [3.05, 3.63) is 70.7 Å². The molecule has 6 nitrogen and oxygen atoms in total. The lowest BCUT2D eigenvalue weighted by Gasteiger charge is -2.26. The van der Waals surface area contributed by atoms with Gasteiger partial charge in [-0.15, -0.1) is 0 Å². The minimum atomic E-state index is -4.07. The van der Waals surface area contributed by atoms with E-state index in [1.165, 1.54) is 12.1 Å². The van der Waals surface area contributed by atoms with E-state index in [0.717, 1.165) is 5.39 Å². The summed E-state index contributed by atoms with van der Waals surface area (Å²) in [5.74, 6) is -0.316. The molecule has 1 aliphatic rings. The first-order valence-corrected chi connectivity index (χ1v) is 10.4. The molecular weight excluding hydrogens is 400 g/mol. The second kappa shape index (κ2) is 7.09. The molecule has 0 bridgehead atoms. The fourth-order valence-electron chi connectivity index (χ4n) is 3.45. The summed E-state index contributed by atoms with van der Waals surface area (Å²) in [4.78, 5) is 11.7. The molecule has 8 heteroatoms. The SMILES string of the molecule is NC(=O)C1NCCc2c(OS(=O)(=O)c3ccc4c(Cl)cccc4c3)cccc21. The van der Waals surface area contributed by atoms with Crippen LogP contribution in [0.1, 0.15) is 17.2 Å². The predicted octanol–water partition coefficient (Wildman–Crippen LogP) is 2.93. The van der Waals surface area contributed by atoms with Crippen LogP contribution in [0, 0.1) is 0 Å². The van der Waals surface area contributed by atoms with Gasteiger partial charge in [0.1, 0.15) is 16.7 Å². The van der Waals surface area contributed by atoms with Crippen molar-refractivity contribution in [1.29, 1.82) is 0 Å². The van der Waals surface area contributed by atoms with E-state index in [0.29, 0.717) is 34.5 Å². The lowest BCUT2D eigenvalue weighted by Crippen LogP contribution is -2.38. The number of rotatable bonds is 4. The summed E-state index contributed by atoms with van der Waals surface area (Å²) in [5.41, 5.74) is 6.74. The molecule has 0 saturated carbocycles. The third kappa shape index (κ3) is 3.32. The van der Waals surface area contributed by atoms with Gasteiger partial charge < -0.3 is 15.2 Å². The van der Waals surface area contributed by atoms with Gasteiger partial charge in [-0.25, -0.2) is 0 Å². The van der Waals surface area contributed by atoms with Crippen molar-refractivity contribution in [1.82, 2.24) is 5.32 Å². The molecule has 0 aliphatic carbocycles. The number of hydrogen-bond donors (Lipinski definition) is 2. The Morgan fingerprint density at radius 2 is 1.93 bits per heavy atom. The molecule has 0 saturated heterocycles. The lowest BCUT2D eigenvalue weighted by molar-refractivity contribution is -0.120. The molecule has 1 unspecified atom stereocenters. The molecule has 1 heterocycles. The Kier molecular flexibility index (Phi) is 4.74. The van der Waals surface area contributed by atoms with Gasteiger partial charge in [0, 0.05) is 22.5 Å². The number of carbonyl (C=O) groups excluding carboxylic acids is 1. The molecule has 1 aliphatic heterocycles. The van der Waals surface area contributed by atoms with Crippen LogP contribution in [-0.4, -0.2) is 20.9 Å². The number of primary amides is 1. The first-order valence-electron chi connectivity index (χ1n) is 8.64. The number of benzene rings is 3. The maximum atomic E-state index is 12.9. The number of halogens is 1. The molecule has 3 N–H and O–H groups in total. The molecule has 0 fully saturated rings. The number of hydrogen-bond acceptors (Lipinski definition) is 5. The van der Waals surface area contributed by atoms with Crippen LogP contribution in [0.5, 0.6) is 5.75 Å². The van der Waals surface area contributed by atoms with Gasteiger partial charge in [0.25, 0.3) is 0 Å². The first-order chi connectivity index (χ1) is 13.4. The van der Waals surface area contributed by atoms with E-state index in [4.69, 9.17) is 21.5 Å². The fourth-order valence-corrected chi connectivity index (χ4v) is 4.69. The molecule has 144 valence electrons. The van der Waals surface area contributed by atoms with Gasteiger partial charge in [0.05, 0.1) is 0 Å². The van der Waals surface area contributed by atoms with Crippen molar-refractivity contribution >= 4 is 38.4 Å². The molecule has 3 aromatic carbocycles. The molecule has 28 heavy (non-hydrogen) atoms. The Balaban J connectivity index is 1.73. The van der Waals surface area contributed by atoms with Crippen LogP contribution in [0.2, 0.25) is 5.02 Å². The molecular formula is C20H17ClN2O4S. The summed E-state index contributed by atoms with van der Waals surface area (Å²) in [7, 11) is -4.07. The Bertz CT molecular complexity index is 1190. The maximum Gasteiger partial charge on any atom is 0.339 e. The van der Waals surface area contributed by atoms with Gasteiger partial charge in [-0.2, -0.15) is 8.42 Å². The van der Waals surface area contributed by atoms with Crippen LogP contribution in [0.25, 0.3) is 10.8 Å². The number of carbonyl (C=O) groups is 1. The van der Waals surface area contributed by atoms with E-state index in [9.17, 15) is 13.2 Å². The quantitative estimate of drug-likeness (QED) is 0.637. The monoisotopic (exact) mass is 416 g/mol. The first kappa shape index (κ1) is 18.7. The van der Waals surface area contributed by atoms with E-state index in [1.807, 2.05) is 0 Å². The van der Waals surface area contributed by atoms with E-state index >= 15 is 0 Å². The van der Waals surface area contributed by atoms with Crippen molar-refractivity contribution in [2.75, 3.05) is 6.54 Å². The Morgan fingerprint density at radius 3 is 2.71 bits per heavy atom. The third-order valence-electron chi connectivity index (χ3n) is 4.78. The van der Waals surface area contributed by atoms with Crippen molar-refractivity contribution in [2.24, 2.45) is 5.73 Å². The van der Waals surface area contributed by atoms with Gasteiger partial charge in [-0.1, -0.05) is 41.9 Å². The summed E-state index contributed by atoms with van der Waals surface area (Å²) in [6.45, 7) is 0.496. The van der Waals surface area contributed by atoms with Gasteiger partial charge in [-0.3, -0.25) is 4.79 Å². The topological polar surface area (TPSA) is 98.5 Å². The van der Waals surface area contributed by atoms with Crippen molar-refractivity contribution in [2.45, 2.75) is 17.4 Å². The van der Waals surface area contributed by atoms with Crippen LogP contribution in [-0.2, 0) is 21.3 Å². The second-order valence-corrected chi connectivity index (χ2v) is 8.48. The van der Waals surface area contributed by atoms with Gasteiger partial charge in [0.2, 0.25) is 5.91 Å². The summed E-state index contributed by atoms with van der Waals surface area (Å²) < 4.78 is 31.2. The highest BCUT2D eigenvalue weighted by Crippen LogP contribution is 2.33. The van der Waals surface area contributed by atoms with Gasteiger partial charge in [0.15, 0.2) is 0 Å². The minimum Gasteiger partial charge on any atom is -0.379 e. The highest BCUT2D eigenvalue weighted by atomic mass is 35.5. The minimum absolute atomic E-state index is 0.0280. The Morgan fingerprint density at radius 1 is 1.14 bits per heavy atom. The molecule has 1 atom stereocenters. The van der Waals surface area contributed by atoms with Crippen LogP contribution in [0.15, 0.2) is 59.5 Å². The van der Waals surface area contributed by atoms with Gasteiger partial charge in [-0.05, 0) is 41.6 Å². The normalized spacial score (nSPS) is 16.5. The number of amides is 1. The molecule has 1 amide bonds. The van der Waals surface area contributed by atoms with E-state index in [-0.39, 0.29) is 10.6 Å². The van der Waals surface area contributed by atoms with E-state index < -0.39 is 22.1 Å². The molecule has 0 spiro atoms. The highest BCUT2D eigenvalue weighted by molar-refractivity contribution is 7.87. The summed E-state index contributed by atoms with van der Waals surface area (Å²) in [5, 5.41) is 5.03. The highest BCUT2D eigenvalue weighted by Gasteiger charge is 2.28. The number of nitrogens with two attached hydrogens (primary N) is 1. The van der Waals surface area contributed by atoms with E-state index in [1.54, 1.807) is 42.5 Å². The molecule has 0 aromatic heterocycles. The van der Waals surface area contributed by atoms with E-state index in [2.05, 4.69) is 5.32 Å². The zero-order valence-corrected chi connectivity index (χ0v) is 16.3. The molecule has 0 radical (unpaired) electrons. The van der Waals surface area contributed by atoms with Crippen LogP contribution in [0.4, 0.5) is 0 Å². The fraction of sp³-hybridized carbons (Fsp3) is 0.150. The van der Waals surface area contributed by atoms with Crippen molar-refractivity contribution < 1.29 is 17.4 Å². The average Bonchev–Trinajstić information content (AvgIpc) is 2.67. The smallest absolute Gasteiger partial charge is 0.339 e. The number of nitrogens with one attached hydrogen (secondary N) is 1. The zero-order valence-electron chi connectivity index (χ0n) is 14.7. The molecule has 3 aromatic rings. The lowest BCUT2D eigenvalue weighted by atomic mass is 9.93. The Hall–Kier alpha value is -2.61.